The molecule has 88 valence electrons. The summed E-state index contributed by atoms with van der Waals surface area (Å²) in [4.78, 5) is 11.4. The Hall–Kier alpha value is -0.370. The van der Waals surface area contributed by atoms with Gasteiger partial charge in [0, 0.05) is 12.8 Å². The standard InChI is InChI=1S/C13H24O2/c1-9(2)10(3)15-12-8-11(14)6-7-13(12,4)5/h9-10,12H,6-8H2,1-5H3. The van der Waals surface area contributed by atoms with Gasteiger partial charge >= 0.3 is 0 Å². The molecule has 15 heavy (non-hydrogen) atoms. The van der Waals surface area contributed by atoms with Gasteiger partial charge < -0.3 is 4.74 Å². The van der Waals surface area contributed by atoms with Crippen LogP contribution in [-0.2, 0) is 9.53 Å². The van der Waals surface area contributed by atoms with Gasteiger partial charge in [0.05, 0.1) is 12.2 Å². The van der Waals surface area contributed by atoms with E-state index in [0.717, 1.165) is 12.8 Å². The minimum atomic E-state index is 0.108. The van der Waals surface area contributed by atoms with Gasteiger partial charge in [0.1, 0.15) is 5.78 Å². The van der Waals surface area contributed by atoms with Crippen LogP contribution in [0.25, 0.3) is 0 Å². The van der Waals surface area contributed by atoms with Crippen molar-refractivity contribution in [2.75, 3.05) is 0 Å². The zero-order valence-electron chi connectivity index (χ0n) is 10.7. The lowest BCUT2D eigenvalue weighted by molar-refractivity contribution is -0.138. The van der Waals surface area contributed by atoms with Crippen LogP contribution in [0.3, 0.4) is 0 Å². The summed E-state index contributed by atoms with van der Waals surface area (Å²) in [5.74, 6) is 0.869. The van der Waals surface area contributed by atoms with Crippen molar-refractivity contribution in [1.29, 1.82) is 0 Å². The molecule has 0 aromatic rings. The lowest BCUT2D eigenvalue weighted by atomic mass is 9.74. The zero-order valence-corrected chi connectivity index (χ0v) is 10.7. The third-order valence-electron chi connectivity index (χ3n) is 3.65. The van der Waals surface area contributed by atoms with Crippen molar-refractivity contribution in [3.8, 4) is 0 Å². The molecule has 0 aromatic heterocycles. The van der Waals surface area contributed by atoms with Crippen LogP contribution in [-0.4, -0.2) is 18.0 Å². The van der Waals surface area contributed by atoms with Crippen LogP contribution in [0.4, 0.5) is 0 Å². The van der Waals surface area contributed by atoms with Gasteiger partial charge in [-0.2, -0.15) is 0 Å². The van der Waals surface area contributed by atoms with E-state index in [-0.39, 0.29) is 17.6 Å². The number of hydrogen-bond donors (Lipinski definition) is 0. The number of Topliss-reactive ketones (excluding diaryl/α,β-unsaturated/α-hetero) is 1. The molecule has 0 amide bonds. The Morgan fingerprint density at radius 2 is 1.93 bits per heavy atom. The third-order valence-corrected chi connectivity index (χ3v) is 3.65. The number of carbonyl (C=O) groups excluding carboxylic acids is 1. The second kappa shape index (κ2) is 4.65. The van der Waals surface area contributed by atoms with Crippen molar-refractivity contribution in [3.05, 3.63) is 0 Å². The van der Waals surface area contributed by atoms with Crippen LogP contribution >= 0.6 is 0 Å². The predicted molar refractivity (Wildman–Crippen MR) is 61.8 cm³/mol. The highest BCUT2D eigenvalue weighted by Crippen LogP contribution is 2.37. The molecule has 0 bridgehead atoms. The van der Waals surface area contributed by atoms with Gasteiger partial charge in [0.15, 0.2) is 0 Å². The molecule has 0 aromatic carbocycles. The van der Waals surface area contributed by atoms with Crippen LogP contribution in [0, 0.1) is 11.3 Å². The van der Waals surface area contributed by atoms with Gasteiger partial charge in [-0.3, -0.25) is 4.79 Å². The molecule has 2 unspecified atom stereocenters. The van der Waals surface area contributed by atoms with E-state index in [1.165, 1.54) is 0 Å². The Morgan fingerprint density at radius 1 is 1.33 bits per heavy atom. The van der Waals surface area contributed by atoms with Crippen LogP contribution in [0.1, 0.15) is 53.9 Å². The largest absolute Gasteiger partial charge is 0.374 e. The normalized spacial score (nSPS) is 28.1. The number of rotatable bonds is 3. The van der Waals surface area contributed by atoms with Gasteiger partial charge in [0.2, 0.25) is 0 Å². The van der Waals surface area contributed by atoms with Crippen molar-refractivity contribution in [2.45, 2.75) is 66.1 Å². The average molecular weight is 212 g/mol. The van der Waals surface area contributed by atoms with Gasteiger partial charge in [-0.05, 0) is 24.7 Å². The van der Waals surface area contributed by atoms with Gasteiger partial charge in [-0.1, -0.05) is 27.7 Å². The minimum absolute atomic E-state index is 0.108. The Kier molecular flexibility index (Phi) is 3.93. The van der Waals surface area contributed by atoms with E-state index in [1.54, 1.807) is 0 Å². The number of ketones is 1. The van der Waals surface area contributed by atoms with E-state index in [1.807, 2.05) is 0 Å². The van der Waals surface area contributed by atoms with Crippen LogP contribution < -0.4 is 0 Å². The molecular formula is C13H24O2. The molecule has 1 saturated carbocycles. The third kappa shape index (κ3) is 3.30. The molecule has 2 nitrogen and oxygen atoms in total. The molecule has 0 saturated heterocycles. The van der Waals surface area contributed by atoms with E-state index < -0.39 is 0 Å². The van der Waals surface area contributed by atoms with E-state index in [0.29, 0.717) is 18.1 Å². The predicted octanol–water partition coefficient (Wildman–Crippen LogP) is 3.20. The zero-order chi connectivity index (χ0) is 11.6. The first-order valence-electron chi connectivity index (χ1n) is 6.00. The molecule has 2 atom stereocenters. The van der Waals surface area contributed by atoms with Gasteiger partial charge in [0.25, 0.3) is 0 Å². The van der Waals surface area contributed by atoms with Crippen molar-refractivity contribution < 1.29 is 9.53 Å². The summed E-state index contributed by atoms with van der Waals surface area (Å²) in [5.41, 5.74) is 0.150. The Balaban J connectivity index is 2.61. The summed E-state index contributed by atoms with van der Waals surface area (Å²) < 4.78 is 6.02. The van der Waals surface area contributed by atoms with E-state index in [9.17, 15) is 4.79 Å². The molecule has 0 radical (unpaired) electrons. The second-order valence-corrected chi connectivity index (χ2v) is 5.81. The lowest BCUT2D eigenvalue weighted by Crippen LogP contribution is -2.41. The highest BCUT2D eigenvalue weighted by atomic mass is 16.5. The fourth-order valence-electron chi connectivity index (χ4n) is 1.86. The number of hydrogen-bond acceptors (Lipinski definition) is 2. The maximum absolute atomic E-state index is 11.4. The first kappa shape index (κ1) is 12.7. The first-order valence-corrected chi connectivity index (χ1v) is 6.00. The molecule has 2 heteroatoms. The summed E-state index contributed by atoms with van der Waals surface area (Å²) in [5, 5.41) is 0. The topological polar surface area (TPSA) is 26.3 Å². The summed E-state index contributed by atoms with van der Waals surface area (Å²) in [6.07, 6.45) is 2.63. The summed E-state index contributed by atoms with van der Waals surface area (Å²) in [7, 11) is 0. The fourth-order valence-corrected chi connectivity index (χ4v) is 1.86. The van der Waals surface area contributed by atoms with Crippen LogP contribution in [0.15, 0.2) is 0 Å². The smallest absolute Gasteiger partial charge is 0.135 e. The SMILES string of the molecule is CC(C)C(C)OC1CC(=O)CCC1(C)C. The maximum Gasteiger partial charge on any atom is 0.135 e. The quantitative estimate of drug-likeness (QED) is 0.718. The molecule has 0 heterocycles. The van der Waals surface area contributed by atoms with Crippen LogP contribution in [0.2, 0.25) is 0 Å². The molecule has 0 N–H and O–H groups in total. The second-order valence-electron chi connectivity index (χ2n) is 5.81. The summed E-state index contributed by atoms with van der Waals surface area (Å²) in [6.45, 7) is 10.8. The summed E-state index contributed by atoms with van der Waals surface area (Å²) in [6, 6.07) is 0. The van der Waals surface area contributed by atoms with E-state index in [2.05, 4.69) is 34.6 Å². The highest BCUT2D eigenvalue weighted by molar-refractivity contribution is 5.79. The van der Waals surface area contributed by atoms with E-state index >= 15 is 0 Å². The number of ether oxygens (including phenoxy) is 1. The molecule has 0 spiro atoms. The molecule has 0 aliphatic heterocycles. The monoisotopic (exact) mass is 212 g/mol. The lowest BCUT2D eigenvalue weighted by Gasteiger charge is -2.39. The van der Waals surface area contributed by atoms with Crippen molar-refractivity contribution in [2.24, 2.45) is 11.3 Å². The Morgan fingerprint density at radius 3 is 2.47 bits per heavy atom. The Bertz CT molecular complexity index is 231. The average Bonchev–Trinajstić information content (AvgIpc) is 2.11. The molecule has 1 rings (SSSR count). The van der Waals surface area contributed by atoms with E-state index in [4.69, 9.17) is 4.74 Å². The van der Waals surface area contributed by atoms with Gasteiger partial charge in [-0.25, -0.2) is 0 Å². The Labute approximate surface area is 93.4 Å². The molecular weight excluding hydrogens is 188 g/mol. The van der Waals surface area contributed by atoms with Crippen LogP contribution in [0.5, 0.6) is 0 Å². The maximum atomic E-state index is 11.4. The van der Waals surface area contributed by atoms with Crippen molar-refractivity contribution >= 4 is 5.78 Å². The fraction of sp³-hybridized carbons (Fsp3) is 0.923. The van der Waals surface area contributed by atoms with Crippen molar-refractivity contribution in [1.82, 2.24) is 0 Å². The molecule has 1 aliphatic carbocycles. The highest BCUT2D eigenvalue weighted by Gasteiger charge is 2.37. The minimum Gasteiger partial charge on any atom is -0.374 e. The summed E-state index contributed by atoms with van der Waals surface area (Å²) >= 11 is 0. The van der Waals surface area contributed by atoms with Gasteiger partial charge in [-0.15, -0.1) is 0 Å². The molecule has 1 fully saturated rings. The molecule has 1 aliphatic rings. The first-order chi connectivity index (χ1) is 6.83. The van der Waals surface area contributed by atoms with Crippen molar-refractivity contribution in [3.63, 3.8) is 0 Å². The number of carbonyl (C=O) groups is 1.